The first-order valence-electron chi connectivity index (χ1n) is 5.05. The third-order valence-corrected chi connectivity index (χ3v) is 7.72. The van der Waals surface area contributed by atoms with Crippen molar-refractivity contribution in [2.75, 3.05) is 0 Å². The Bertz CT molecular complexity index is 310. The number of aromatic nitrogens is 1. The van der Waals surface area contributed by atoms with Crippen LogP contribution in [-0.4, -0.2) is 23.4 Å². The van der Waals surface area contributed by atoms with Crippen LogP contribution in [0.1, 0.15) is 24.5 Å². The molecular weight excluding hydrogens is 265 g/mol. The zero-order chi connectivity index (χ0) is 9.47. The summed E-state index contributed by atoms with van der Waals surface area (Å²) in [5.41, 5.74) is 1.35. The van der Waals surface area contributed by atoms with E-state index < -0.39 is 18.4 Å². The summed E-state index contributed by atoms with van der Waals surface area (Å²) in [6.45, 7) is 0. The minimum atomic E-state index is -1.90. The van der Waals surface area contributed by atoms with E-state index >= 15 is 0 Å². The summed E-state index contributed by atoms with van der Waals surface area (Å²) >= 11 is -1.90. The maximum atomic E-state index is 4.80. The number of rotatable bonds is 2. The van der Waals surface area contributed by atoms with Crippen LogP contribution in [0, 0.1) is 0 Å². The number of hydrogen-bond acceptors (Lipinski definition) is 1. The summed E-state index contributed by atoms with van der Waals surface area (Å²) in [5.74, 6) is 0.800. The van der Waals surface area contributed by atoms with Gasteiger partial charge in [0.25, 0.3) is 0 Å². The first kappa shape index (κ1) is 9.50. The topological polar surface area (TPSA) is 12.9 Å². The van der Waals surface area contributed by atoms with Gasteiger partial charge in [0.05, 0.1) is 0 Å². The molecule has 1 aromatic heterocycles. The van der Waals surface area contributed by atoms with Crippen molar-refractivity contribution in [1.29, 1.82) is 0 Å². The number of nitrogens with zero attached hydrogens (tertiary/aromatic N) is 1. The Kier molecular flexibility index (Phi) is 2.39. The molecule has 0 N–H and O–H groups in total. The second-order valence-corrected chi connectivity index (χ2v) is 19.3. The van der Waals surface area contributed by atoms with Crippen LogP contribution < -0.4 is 3.71 Å². The molecule has 1 heterocycles. The summed E-state index contributed by atoms with van der Waals surface area (Å²) < 4.78 is 1.43. The van der Waals surface area contributed by atoms with Crippen molar-refractivity contribution < 1.29 is 0 Å². The van der Waals surface area contributed by atoms with E-state index in [4.69, 9.17) is 4.98 Å². The first-order chi connectivity index (χ1) is 6.07. The second kappa shape index (κ2) is 3.26. The van der Waals surface area contributed by atoms with E-state index in [1.165, 1.54) is 22.2 Å². The third kappa shape index (κ3) is 2.25. The molecule has 1 aromatic rings. The average Bonchev–Trinajstić information content (AvgIpc) is 2.85. The van der Waals surface area contributed by atoms with Crippen molar-refractivity contribution >= 4 is 22.1 Å². The molecule has 0 aromatic carbocycles. The van der Waals surface area contributed by atoms with Gasteiger partial charge in [-0.05, 0) is 0 Å². The van der Waals surface area contributed by atoms with E-state index in [0.717, 1.165) is 5.92 Å². The Morgan fingerprint density at radius 1 is 1.23 bits per heavy atom. The summed E-state index contributed by atoms with van der Waals surface area (Å²) in [6, 6.07) is 6.61. The molecule has 0 unspecified atom stereocenters. The zero-order valence-electron chi connectivity index (χ0n) is 8.67. The third-order valence-electron chi connectivity index (χ3n) is 2.53. The number of pyridine rings is 1. The minimum absolute atomic E-state index is 0.800. The van der Waals surface area contributed by atoms with E-state index in [-0.39, 0.29) is 0 Å². The fourth-order valence-electron chi connectivity index (χ4n) is 1.48. The molecule has 1 fully saturated rings. The quantitative estimate of drug-likeness (QED) is 0.759. The van der Waals surface area contributed by atoms with Gasteiger partial charge in [0.15, 0.2) is 0 Å². The molecule has 0 spiro atoms. The molecule has 13 heavy (non-hydrogen) atoms. The van der Waals surface area contributed by atoms with Gasteiger partial charge in [0.2, 0.25) is 0 Å². The summed E-state index contributed by atoms with van der Waals surface area (Å²) in [5, 5.41) is 0. The van der Waals surface area contributed by atoms with Crippen molar-refractivity contribution in [2.24, 2.45) is 0 Å². The fraction of sp³-hybridized carbons (Fsp3) is 0.545. The monoisotopic (exact) mass is 283 g/mol. The normalized spacial score (nSPS) is 17.5. The van der Waals surface area contributed by atoms with Crippen LogP contribution in [0.25, 0.3) is 0 Å². The van der Waals surface area contributed by atoms with Crippen LogP contribution in [0.15, 0.2) is 18.2 Å². The van der Waals surface area contributed by atoms with Gasteiger partial charge in [0.1, 0.15) is 0 Å². The molecule has 70 valence electrons. The molecule has 2 heteroatoms. The SMILES string of the molecule is [CH3][Sn]([CH3])([CH3])[c]1cccc(C2CC2)n1. The first-order valence-corrected chi connectivity index (χ1v) is 15.0. The molecular formula is C11H17NSn. The Balaban J connectivity index is 2.32. The van der Waals surface area contributed by atoms with Crippen LogP contribution in [0.4, 0.5) is 0 Å². The Morgan fingerprint density at radius 2 is 1.92 bits per heavy atom. The predicted octanol–water partition coefficient (Wildman–Crippen LogP) is 2.50. The van der Waals surface area contributed by atoms with Gasteiger partial charge in [-0.2, -0.15) is 0 Å². The van der Waals surface area contributed by atoms with E-state index in [1.807, 2.05) is 0 Å². The van der Waals surface area contributed by atoms with Crippen LogP contribution in [0.5, 0.6) is 0 Å². The summed E-state index contributed by atoms with van der Waals surface area (Å²) in [7, 11) is 0. The standard InChI is InChI=1S/C8H8N.3CH3.Sn/c1-2-6-9-8(3-1)7-4-5-7;;;;/h1-3,7H,4-5H2;3*1H3;. The molecule has 0 aliphatic heterocycles. The average molecular weight is 282 g/mol. The number of hydrogen-bond donors (Lipinski definition) is 0. The molecule has 0 radical (unpaired) electrons. The Morgan fingerprint density at radius 3 is 2.46 bits per heavy atom. The summed E-state index contributed by atoms with van der Waals surface area (Å²) in [6.07, 6.45) is 2.71. The van der Waals surface area contributed by atoms with Crippen molar-refractivity contribution in [3.8, 4) is 0 Å². The van der Waals surface area contributed by atoms with Crippen molar-refractivity contribution in [1.82, 2.24) is 4.98 Å². The van der Waals surface area contributed by atoms with Crippen molar-refractivity contribution in [2.45, 2.75) is 33.6 Å². The molecule has 1 nitrogen and oxygen atoms in total. The van der Waals surface area contributed by atoms with Crippen LogP contribution in [0.2, 0.25) is 14.8 Å². The van der Waals surface area contributed by atoms with Crippen LogP contribution >= 0.6 is 0 Å². The second-order valence-electron chi connectivity index (χ2n) is 4.97. The van der Waals surface area contributed by atoms with Crippen LogP contribution in [0.3, 0.4) is 0 Å². The van der Waals surface area contributed by atoms with Gasteiger partial charge in [-0.3, -0.25) is 0 Å². The zero-order valence-corrected chi connectivity index (χ0v) is 11.5. The molecule has 1 aliphatic carbocycles. The summed E-state index contributed by atoms with van der Waals surface area (Å²) in [4.78, 5) is 12.1. The maximum absolute atomic E-state index is 4.80. The van der Waals surface area contributed by atoms with Gasteiger partial charge in [-0.25, -0.2) is 0 Å². The molecule has 2 rings (SSSR count). The van der Waals surface area contributed by atoms with E-state index in [1.54, 1.807) is 0 Å². The predicted molar refractivity (Wildman–Crippen MR) is 59.2 cm³/mol. The van der Waals surface area contributed by atoms with Crippen molar-refractivity contribution in [3.63, 3.8) is 0 Å². The molecule has 0 saturated heterocycles. The molecule has 0 amide bonds. The van der Waals surface area contributed by atoms with E-state index in [2.05, 4.69) is 33.0 Å². The van der Waals surface area contributed by atoms with Gasteiger partial charge in [0, 0.05) is 0 Å². The van der Waals surface area contributed by atoms with Gasteiger partial charge >= 0.3 is 84.5 Å². The molecule has 1 saturated carbocycles. The van der Waals surface area contributed by atoms with E-state index in [9.17, 15) is 0 Å². The fourth-order valence-corrected chi connectivity index (χ4v) is 4.50. The van der Waals surface area contributed by atoms with Crippen LogP contribution in [-0.2, 0) is 0 Å². The van der Waals surface area contributed by atoms with Gasteiger partial charge in [-0.1, -0.05) is 0 Å². The van der Waals surface area contributed by atoms with Crippen molar-refractivity contribution in [3.05, 3.63) is 23.9 Å². The molecule has 0 atom stereocenters. The Labute approximate surface area is 84.5 Å². The Hall–Kier alpha value is -0.0513. The van der Waals surface area contributed by atoms with Gasteiger partial charge < -0.3 is 0 Å². The molecule has 0 bridgehead atoms. The molecule has 1 aliphatic rings. The van der Waals surface area contributed by atoms with E-state index in [0.29, 0.717) is 0 Å². The van der Waals surface area contributed by atoms with Gasteiger partial charge in [-0.15, -0.1) is 0 Å².